The smallest absolute Gasteiger partial charge is 0.0589 e. The maximum Gasteiger partial charge on any atom is 0.0589 e. The van der Waals surface area contributed by atoms with Crippen molar-refractivity contribution in [2.75, 3.05) is 20.7 Å². The van der Waals surface area contributed by atoms with E-state index in [1.165, 1.54) is 32.1 Å². The Morgan fingerprint density at radius 1 is 1.40 bits per heavy atom. The van der Waals surface area contributed by atoms with Gasteiger partial charge >= 0.3 is 0 Å². The molecule has 15 heavy (non-hydrogen) atoms. The van der Waals surface area contributed by atoms with Crippen molar-refractivity contribution in [3.63, 3.8) is 0 Å². The van der Waals surface area contributed by atoms with Crippen molar-refractivity contribution in [2.45, 2.75) is 56.2 Å². The lowest BCUT2D eigenvalue weighted by Gasteiger charge is -2.46. The molecule has 0 radical (unpaired) electrons. The molecule has 2 saturated carbocycles. The zero-order valence-corrected chi connectivity index (χ0v) is 10.0. The summed E-state index contributed by atoms with van der Waals surface area (Å²) in [6, 6.07) is 0.796. The van der Waals surface area contributed by atoms with E-state index in [1.54, 1.807) is 0 Å². The van der Waals surface area contributed by atoms with Crippen molar-refractivity contribution in [2.24, 2.45) is 5.73 Å². The van der Waals surface area contributed by atoms with Gasteiger partial charge < -0.3 is 10.5 Å². The van der Waals surface area contributed by atoms with Crippen molar-refractivity contribution in [1.29, 1.82) is 0 Å². The van der Waals surface area contributed by atoms with Crippen LogP contribution in [0.2, 0.25) is 0 Å². The maximum absolute atomic E-state index is 6.02. The molecule has 3 nitrogen and oxygen atoms in total. The molecule has 2 unspecified atom stereocenters. The molecule has 0 aromatic heterocycles. The van der Waals surface area contributed by atoms with Crippen LogP contribution in [0, 0.1) is 0 Å². The summed E-state index contributed by atoms with van der Waals surface area (Å²) in [7, 11) is 4.08. The molecule has 0 saturated heterocycles. The Labute approximate surface area is 93.0 Å². The third-order valence-electron chi connectivity index (χ3n) is 4.33. The van der Waals surface area contributed by atoms with E-state index in [4.69, 9.17) is 10.5 Å². The Balaban J connectivity index is 2.04. The number of nitrogens with zero attached hydrogens (tertiary/aromatic N) is 1. The zero-order chi connectivity index (χ0) is 10.9. The van der Waals surface area contributed by atoms with Crippen molar-refractivity contribution < 1.29 is 4.74 Å². The fraction of sp³-hybridized carbons (Fsp3) is 1.00. The molecule has 2 aliphatic rings. The predicted octanol–water partition coefficient (Wildman–Crippen LogP) is 1.37. The minimum Gasteiger partial charge on any atom is -0.381 e. The highest BCUT2D eigenvalue weighted by Crippen LogP contribution is 2.39. The molecule has 0 aromatic rings. The molecule has 0 bridgehead atoms. The summed E-state index contributed by atoms with van der Waals surface area (Å²) in [5.74, 6) is 0. The van der Waals surface area contributed by atoms with E-state index in [1.807, 2.05) is 7.11 Å². The van der Waals surface area contributed by atoms with Gasteiger partial charge in [-0.15, -0.1) is 0 Å². The molecule has 2 N–H and O–H groups in total. The minimum absolute atomic E-state index is 0.222. The zero-order valence-electron chi connectivity index (χ0n) is 10.0. The van der Waals surface area contributed by atoms with Crippen LogP contribution in [0.4, 0.5) is 0 Å². The first-order valence-corrected chi connectivity index (χ1v) is 6.17. The van der Waals surface area contributed by atoms with Gasteiger partial charge in [0.05, 0.1) is 6.10 Å². The predicted molar refractivity (Wildman–Crippen MR) is 61.8 cm³/mol. The number of nitrogens with two attached hydrogens (primary N) is 1. The van der Waals surface area contributed by atoms with Crippen LogP contribution in [0.5, 0.6) is 0 Å². The first-order chi connectivity index (χ1) is 7.22. The maximum atomic E-state index is 6.02. The second kappa shape index (κ2) is 4.40. The van der Waals surface area contributed by atoms with E-state index >= 15 is 0 Å². The van der Waals surface area contributed by atoms with E-state index in [-0.39, 0.29) is 5.54 Å². The van der Waals surface area contributed by atoms with Crippen molar-refractivity contribution >= 4 is 0 Å². The highest BCUT2D eigenvalue weighted by molar-refractivity contribution is 5.01. The molecule has 0 heterocycles. The number of hydrogen-bond donors (Lipinski definition) is 1. The van der Waals surface area contributed by atoms with Crippen molar-refractivity contribution in [3.05, 3.63) is 0 Å². The molecule has 2 aliphatic carbocycles. The quantitative estimate of drug-likeness (QED) is 0.765. The lowest BCUT2D eigenvalue weighted by molar-refractivity contribution is -0.0149. The second-order valence-electron chi connectivity index (χ2n) is 5.22. The normalized spacial score (nSPS) is 37.2. The summed E-state index contributed by atoms with van der Waals surface area (Å²) < 4.78 is 5.52. The summed E-state index contributed by atoms with van der Waals surface area (Å²) in [5.41, 5.74) is 6.25. The van der Waals surface area contributed by atoms with Gasteiger partial charge in [-0.1, -0.05) is 0 Å². The molecule has 0 aromatic carbocycles. The number of ether oxygens (including phenoxy) is 1. The van der Waals surface area contributed by atoms with Gasteiger partial charge in [0.2, 0.25) is 0 Å². The molecule has 0 aliphatic heterocycles. The minimum atomic E-state index is 0.222. The van der Waals surface area contributed by atoms with Gasteiger partial charge in [-0.2, -0.15) is 0 Å². The summed E-state index contributed by atoms with van der Waals surface area (Å²) in [6.45, 7) is 0.778. The summed E-state index contributed by atoms with van der Waals surface area (Å²) in [4.78, 5) is 2.54. The van der Waals surface area contributed by atoms with Crippen LogP contribution >= 0.6 is 0 Å². The first-order valence-electron chi connectivity index (χ1n) is 6.17. The van der Waals surface area contributed by atoms with Crippen LogP contribution in [0.25, 0.3) is 0 Å². The van der Waals surface area contributed by atoms with Gasteiger partial charge in [-0.3, -0.25) is 4.90 Å². The lowest BCUT2D eigenvalue weighted by Crippen LogP contribution is -2.56. The molecule has 2 rings (SSSR count). The standard InChI is InChI=1S/C12H24N2O/c1-14(10-5-6-10)12(9-13)7-3-4-11(8-12)15-2/h10-11H,3-9,13H2,1-2H3. The fourth-order valence-electron chi connectivity index (χ4n) is 2.99. The summed E-state index contributed by atoms with van der Waals surface area (Å²) in [6.07, 6.45) is 7.96. The topological polar surface area (TPSA) is 38.5 Å². The molecule has 0 amide bonds. The molecule has 0 spiro atoms. The number of rotatable bonds is 4. The first kappa shape index (κ1) is 11.4. The molecular formula is C12H24N2O. The monoisotopic (exact) mass is 212 g/mol. The molecule has 88 valence electrons. The second-order valence-corrected chi connectivity index (χ2v) is 5.22. The largest absolute Gasteiger partial charge is 0.381 e. The molecular weight excluding hydrogens is 188 g/mol. The average molecular weight is 212 g/mol. The average Bonchev–Trinajstić information content (AvgIpc) is 3.12. The highest BCUT2D eigenvalue weighted by atomic mass is 16.5. The number of hydrogen-bond acceptors (Lipinski definition) is 3. The van der Waals surface area contributed by atoms with E-state index in [9.17, 15) is 0 Å². The van der Waals surface area contributed by atoms with Crippen LogP contribution < -0.4 is 5.73 Å². The van der Waals surface area contributed by atoms with Crippen molar-refractivity contribution in [1.82, 2.24) is 4.90 Å². The van der Waals surface area contributed by atoms with E-state index in [0.717, 1.165) is 19.0 Å². The Morgan fingerprint density at radius 3 is 2.67 bits per heavy atom. The highest BCUT2D eigenvalue weighted by Gasteiger charge is 2.44. The van der Waals surface area contributed by atoms with Gasteiger partial charge in [-0.25, -0.2) is 0 Å². The molecule has 2 atom stereocenters. The molecule has 3 heteroatoms. The fourth-order valence-corrected chi connectivity index (χ4v) is 2.99. The SMILES string of the molecule is COC1CCCC(CN)(N(C)C2CC2)C1. The van der Waals surface area contributed by atoms with Gasteiger partial charge in [-0.05, 0) is 45.6 Å². The van der Waals surface area contributed by atoms with Gasteiger partial charge in [0.25, 0.3) is 0 Å². The number of likely N-dealkylation sites (N-methyl/N-ethyl adjacent to an activating group) is 1. The third-order valence-corrected chi connectivity index (χ3v) is 4.33. The summed E-state index contributed by atoms with van der Waals surface area (Å²) >= 11 is 0. The van der Waals surface area contributed by atoms with Crippen LogP contribution in [-0.2, 0) is 4.74 Å². The Bertz CT molecular complexity index is 218. The lowest BCUT2D eigenvalue weighted by atomic mass is 9.78. The Morgan fingerprint density at radius 2 is 2.13 bits per heavy atom. The van der Waals surface area contributed by atoms with E-state index in [0.29, 0.717) is 6.10 Å². The number of methoxy groups -OCH3 is 1. The van der Waals surface area contributed by atoms with E-state index in [2.05, 4.69) is 11.9 Å². The van der Waals surface area contributed by atoms with Crippen molar-refractivity contribution in [3.8, 4) is 0 Å². The van der Waals surface area contributed by atoms with Crippen LogP contribution in [0.15, 0.2) is 0 Å². The third kappa shape index (κ3) is 2.19. The molecule has 2 fully saturated rings. The van der Waals surface area contributed by atoms with E-state index < -0.39 is 0 Å². The van der Waals surface area contributed by atoms with Gasteiger partial charge in [0.1, 0.15) is 0 Å². The van der Waals surface area contributed by atoms with Gasteiger partial charge in [0.15, 0.2) is 0 Å². The Hall–Kier alpha value is -0.120. The summed E-state index contributed by atoms with van der Waals surface area (Å²) in [5, 5.41) is 0. The van der Waals surface area contributed by atoms with Crippen LogP contribution in [0.1, 0.15) is 38.5 Å². The van der Waals surface area contributed by atoms with Crippen LogP contribution in [0.3, 0.4) is 0 Å². The Kier molecular flexibility index (Phi) is 3.33. The van der Waals surface area contributed by atoms with Gasteiger partial charge in [0, 0.05) is 25.2 Å². The van der Waals surface area contributed by atoms with Crippen LogP contribution in [-0.4, -0.2) is 43.3 Å².